The minimum Gasteiger partial charge on any atom is -0.436 e. The van der Waals surface area contributed by atoms with Crippen molar-refractivity contribution in [3.63, 3.8) is 0 Å². The highest BCUT2D eigenvalue weighted by Gasteiger charge is 2.67. The zero-order chi connectivity index (χ0) is 75.7. The fraction of sp³-hybridized carbons (Fsp3) is 0.956. The van der Waals surface area contributed by atoms with Crippen molar-refractivity contribution in [2.75, 3.05) is 26.4 Å². The minimum atomic E-state index is -0.613. The lowest BCUT2D eigenvalue weighted by Crippen LogP contribution is -2.61. The summed E-state index contributed by atoms with van der Waals surface area (Å²) in [6.07, 6.45) is 32.6. The normalized spacial score (nSPS) is 47.0. The fourth-order valence-corrected chi connectivity index (χ4v) is 30.2. The highest BCUT2D eigenvalue weighted by atomic mass is 16.7. The number of esters is 4. The first kappa shape index (κ1) is 81.1. The van der Waals surface area contributed by atoms with Crippen molar-refractivity contribution < 1.29 is 82.6 Å². The second-order valence-corrected chi connectivity index (χ2v) is 41.4. The molecule has 17 saturated carbocycles. The number of aliphatic hydroxyl groups is 5. The van der Waals surface area contributed by atoms with Gasteiger partial charge in [0.2, 0.25) is 0 Å². The molecule has 17 fully saturated rings. The fourth-order valence-electron chi connectivity index (χ4n) is 30.2. The van der Waals surface area contributed by atoms with Crippen LogP contribution in [0, 0.1) is 151 Å². The van der Waals surface area contributed by atoms with Crippen LogP contribution in [0.4, 0.5) is 0 Å². The third-order valence-electron chi connectivity index (χ3n) is 35.1. The molecule has 0 aliphatic heterocycles. The highest BCUT2D eigenvalue weighted by molar-refractivity contribution is 5.78. The van der Waals surface area contributed by atoms with Gasteiger partial charge in [-0.2, -0.15) is 0 Å². The summed E-state index contributed by atoms with van der Waals surface area (Å²) < 4.78 is 46.9. The number of hydrogen-bond donors (Lipinski definition) is 5. The molecule has 8 bridgehead atoms. The maximum Gasteiger partial charge on any atom is 0.314 e. The first-order valence-corrected chi connectivity index (χ1v) is 44.6. The molecule has 17 aliphatic rings. The maximum atomic E-state index is 13.1. The number of carbonyl (C=O) groups is 4. The van der Waals surface area contributed by atoms with Crippen molar-refractivity contribution in [3.05, 3.63) is 0 Å². The minimum absolute atomic E-state index is 0.0212. The molecular formula is C90H146O17. The van der Waals surface area contributed by atoms with Crippen LogP contribution in [0.3, 0.4) is 0 Å². The van der Waals surface area contributed by atoms with Gasteiger partial charge >= 0.3 is 23.9 Å². The smallest absolute Gasteiger partial charge is 0.314 e. The Morgan fingerprint density at radius 2 is 0.776 bits per heavy atom. The van der Waals surface area contributed by atoms with E-state index < -0.39 is 37.4 Å². The number of ether oxygens (including phenoxy) is 8. The van der Waals surface area contributed by atoms with E-state index in [0.29, 0.717) is 123 Å². The predicted octanol–water partition coefficient (Wildman–Crippen LogP) is 16.4. The van der Waals surface area contributed by atoms with Crippen molar-refractivity contribution in [2.45, 2.75) is 362 Å². The van der Waals surface area contributed by atoms with Crippen LogP contribution >= 0.6 is 0 Å². The van der Waals surface area contributed by atoms with Crippen LogP contribution in [0.1, 0.15) is 307 Å². The second kappa shape index (κ2) is 33.0. The third-order valence-corrected chi connectivity index (χ3v) is 35.1. The van der Waals surface area contributed by atoms with Gasteiger partial charge in [0.1, 0.15) is 0 Å². The predicted molar refractivity (Wildman–Crippen MR) is 405 cm³/mol. The third kappa shape index (κ3) is 16.6. The lowest BCUT2D eigenvalue weighted by Gasteiger charge is -2.63. The van der Waals surface area contributed by atoms with Crippen molar-refractivity contribution in [3.8, 4) is 0 Å². The number of carbonyl (C=O) groups excluding carboxylic acids is 4. The van der Waals surface area contributed by atoms with Crippen molar-refractivity contribution in [2.24, 2.45) is 151 Å². The van der Waals surface area contributed by atoms with Crippen molar-refractivity contribution in [1.82, 2.24) is 0 Å². The van der Waals surface area contributed by atoms with Crippen LogP contribution in [0.25, 0.3) is 0 Å². The number of fused-ring (bicyclic) bond motifs is 10. The molecule has 25 atom stereocenters. The van der Waals surface area contributed by atoms with E-state index in [1.54, 1.807) is 0 Å². The van der Waals surface area contributed by atoms with E-state index in [4.69, 9.17) is 37.9 Å². The zero-order valence-electron chi connectivity index (χ0n) is 67.9. The molecule has 0 radical (unpaired) electrons. The van der Waals surface area contributed by atoms with Crippen LogP contribution in [0.15, 0.2) is 0 Å². The van der Waals surface area contributed by atoms with E-state index >= 15 is 0 Å². The quantitative estimate of drug-likeness (QED) is 0.0222. The Balaban J connectivity index is 0.000000222. The molecule has 0 saturated heterocycles. The molecular weight excluding hydrogens is 1350 g/mol. The topological polar surface area (TPSA) is 243 Å². The molecule has 0 amide bonds. The number of rotatable bonds is 27. The van der Waals surface area contributed by atoms with Gasteiger partial charge in [-0.3, -0.25) is 19.2 Å². The molecule has 0 aromatic carbocycles. The molecule has 17 nitrogen and oxygen atoms in total. The Kier molecular flexibility index (Phi) is 25.0. The Hall–Kier alpha value is -2.48. The standard InChI is InChI=1S/C60H100O11.C30H46O6/c1-34(45-17-19-47-43-16-15-40-27-41(61)23-25-57(40,5)49(43)30-53(64)59(45,47)7)9-21-55(66)70-36(3)68-32-38-11-13-39(14-12-38)33-69-37(4)71-56(67)22-10-35(2)46-18-20-48-44-29-52(63)51-28-42(62)24-26-58(51,6)50(44)31-54(65)60(46,48)8;1-19(35-27(31)29-13-21-7-22(14-29)9-23(8-21)15-29)33-5-3-4-6-34-20(2)36-28(32)30-16-24-10-25(17-30)12-26(11-24)18-30/h34-54,61-65H,9-33H2,1-8H3;19-26H,3-18H2,1-2H3. The largest absolute Gasteiger partial charge is 0.436 e. The van der Waals surface area contributed by atoms with Gasteiger partial charge in [0.15, 0.2) is 25.2 Å². The Morgan fingerprint density at radius 1 is 0.383 bits per heavy atom. The maximum absolute atomic E-state index is 13.1. The van der Waals surface area contributed by atoms with Gasteiger partial charge in [-0.15, -0.1) is 0 Å². The van der Waals surface area contributed by atoms with Crippen LogP contribution in [0.2, 0.25) is 0 Å². The Bertz CT molecular complexity index is 2880. The summed E-state index contributed by atoms with van der Waals surface area (Å²) >= 11 is 0. The summed E-state index contributed by atoms with van der Waals surface area (Å²) in [6, 6.07) is 0. The molecule has 5 N–H and O–H groups in total. The Labute approximate surface area is 643 Å². The molecule has 17 rings (SSSR count). The van der Waals surface area contributed by atoms with Crippen molar-refractivity contribution in [1.29, 1.82) is 0 Å². The van der Waals surface area contributed by atoms with E-state index in [-0.39, 0.29) is 86.5 Å². The molecule has 0 aromatic heterocycles. The summed E-state index contributed by atoms with van der Waals surface area (Å²) in [5.74, 6) is 9.48. The van der Waals surface area contributed by atoms with Crippen LogP contribution in [-0.2, 0) is 57.1 Å². The summed E-state index contributed by atoms with van der Waals surface area (Å²) in [7, 11) is 0. The molecule has 0 aromatic rings. The lowest BCUT2D eigenvalue weighted by molar-refractivity contribution is -0.202. The average Bonchev–Trinajstić information content (AvgIpc) is 1.63. The monoisotopic (exact) mass is 1500 g/mol. The lowest BCUT2D eigenvalue weighted by atomic mass is 9.43. The molecule has 17 heteroatoms. The van der Waals surface area contributed by atoms with Crippen LogP contribution in [-0.4, -0.2) is 132 Å². The number of aliphatic hydroxyl groups excluding tert-OH is 5. The summed E-state index contributed by atoms with van der Waals surface area (Å²) in [5.41, 5.74) is -0.634. The zero-order valence-corrected chi connectivity index (χ0v) is 67.9. The van der Waals surface area contributed by atoms with Gasteiger partial charge in [-0.25, -0.2) is 0 Å². The summed E-state index contributed by atoms with van der Waals surface area (Å²) in [5, 5.41) is 56.3. The molecule has 17 aliphatic carbocycles. The van der Waals surface area contributed by atoms with Gasteiger partial charge in [-0.05, 0) is 392 Å². The highest BCUT2D eigenvalue weighted by Crippen LogP contribution is 2.71. The molecule has 107 heavy (non-hydrogen) atoms. The van der Waals surface area contributed by atoms with E-state index in [1.807, 2.05) is 27.7 Å². The summed E-state index contributed by atoms with van der Waals surface area (Å²) in [4.78, 5) is 52.3. The SMILES string of the molecule is CC(OCC1CCC(COC(C)OC(=O)CCC(C)C2CCC3C4CC(O)C5CC(O)CCC5(C)C4CC(O)C23C)CC1)OC(=O)CCC(C)C1CCC2C3CCC4CC(O)CCC4(C)C3CC(O)C12C.CC(OCCCCOC(C)OC(=O)C12CC3CC(CC(C3)C1)C2)OC(=O)C12CC3CC(CC(C3)C1)C2. The molecule has 0 spiro atoms. The molecule has 0 heterocycles. The number of hydrogen-bond acceptors (Lipinski definition) is 17. The average molecular weight is 1500 g/mol. The Morgan fingerprint density at radius 3 is 1.21 bits per heavy atom. The van der Waals surface area contributed by atoms with Gasteiger partial charge in [-0.1, -0.05) is 41.5 Å². The van der Waals surface area contributed by atoms with Gasteiger partial charge in [0.05, 0.1) is 67.8 Å². The van der Waals surface area contributed by atoms with E-state index in [0.717, 1.165) is 190 Å². The van der Waals surface area contributed by atoms with E-state index in [1.165, 1.54) is 57.8 Å². The first-order valence-electron chi connectivity index (χ1n) is 44.6. The van der Waals surface area contributed by atoms with Gasteiger partial charge in [0, 0.05) is 12.8 Å². The first-order chi connectivity index (χ1) is 51.0. The molecule has 608 valence electrons. The molecule has 25 unspecified atom stereocenters. The second-order valence-electron chi connectivity index (χ2n) is 41.4. The summed E-state index contributed by atoms with van der Waals surface area (Å²) in [6.45, 7) is 23.5. The van der Waals surface area contributed by atoms with E-state index in [2.05, 4.69) is 41.5 Å². The number of unbranched alkanes of at least 4 members (excludes halogenated alkanes) is 1. The van der Waals surface area contributed by atoms with Gasteiger partial charge < -0.3 is 63.4 Å². The van der Waals surface area contributed by atoms with Crippen molar-refractivity contribution >= 4 is 23.9 Å². The van der Waals surface area contributed by atoms with E-state index in [9.17, 15) is 44.7 Å². The van der Waals surface area contributed by atoms with Crippen LogP contribution < -0.4 is 0 Å². The van der Waals surface area contributed by atoms with Crippen LogP contribution in [0.5, 0.6) is 0 Å². The van der Waals surface area contributed by atoms with Gasteiger partial charge in [0.25, 0.3) is 0 Å².